The molecule has 0 fully saturated rings. The Morgan fingerprint density at radius 2 is 0.947 bits per heavy atom. The minimum atomic E-state index is -4.73. The molecule has 0 saturated heterocycles. The van der Waals surface area contributed by atoms with Crippen LogP contribution in [0, 0.1) is 0 Å². The molecule has 0 saturated carbocycles. The molecule has 0 bridgehead atoms. The molecule has 0 aromatic carbocycles. The molecule has 0 heterocycles. The summed E-state index contributed by atoms with van der Waals surface area (Å²) in [5, 5.41) is 0. The van der Waals surface area contributed by atoms with Gasteiger partial charge in [0.1, 0.15) is 6.61 Å². The van der Waals surface area contributed by atoms with Crippen molar-refractivity contribution in [3.05, 3.63) is 0 Å². The Morgan fingerprint density at radius 1 is 0.579 bits per heavy atom. The van der Waals surface area contributed by atoms with Gasteiger partial charge >= 0.3 is 19.8 Å². The molecule has 2 N–H and O–H groups in total. The molecule has 38 heavy (non-hydrogen) atoms. The number of phosphoric ester groups is 1. The van der Waals surface area contributed by atoms with E-state index in [4.69, 9.17) is 19.3 Å². The van der Waals surface area contributed by atoms with E-state index in [1.165, 1.54) is 83.5 Å². The predicted octanol–water partition coefficient (Wildman–Crippen LogP) is 8.17. The minimum absolute atomic E-state index is 0.217. The van der Waals surface area contributed by atoms with Crippen LogP contribution >= 0.6 is 7.82 Å². The maximum Gasteiger partial charge on any atom is 0.469 e. The lowest BCUT2D eigenvalue weighted by Gasteiger charge is -2.18. The molecule has 0 rings (SSSR count). The molecule has 0 aromatic heterocycles. The third kappa shape index (κ3) is 28.1. The van der Waals surface area contributed by atoms with Crippen LogP contribution in [0.15, 0.2) is 0 Å². The van der Waals surface area contributed by atoms with Gasteiger partial charge in [-0.25, -0.2) is 4.57 Å². The zero-order valence-corrected chi connectivity index (χ0v) is 25.2. The third-order valence-electron chi connectivity index (χ3n) is 6.63. The lowest BCUT2D eigenvalue weighted by Crippen LogP contribution is -2.29. The minimum Gasteiger partial charge on any atom is -0.462 e. The maximum atomic E-state index is 12.2. The Bertz CT molecular complexity index is 607. The van der Waals surface area contributed by atoms with Crippen molar-refractivity contribution in [3.8, 4) is 0 Å². The van der Waals surface area contributed by atoms with E-state index < -0.39 is 32.5 Å². The van der Waals surface area contributed by atoms with Gasteiger partial charge in [0.2, 0.25) is 0 Å². The topological polar surface area (TPSA) is 119 Å². The van der Waals surface area contributed by atoms with Gasteiger partial charge in [-0.3, -0.25) is 14.1 Å². The van der Waals surface area contributed by atoms with Gasteiger partial charge in [0.05, 0.1) is 6.61 Å². The van der Waals surface area contributed by atoms with Crippen LogP contribution in [0.25, 0.3) is 0 Å². The van der Waals surface area contributed by atoms with Crippen LogP contribution in [0.4, 0.5) is 0 Å². The van der Waals surface area contributed by atoms with Crippen molar-refractivity contribution in [2.75, 3.05) is 13.2 Å². The number of rotatable bonds is 28. The van der Waals surface area contributed by atoms with Gasteiger partial charge in [-0.05, 0) is 12.8 Å². The zero-order chi connectivity index (χ0) is 28.3. The van der Waals surface area contributed by atoms with E-state index in [1.807, 2.05) is 0 Å². The van der Waals surface area contributed by atoms with Gasteiger partial charge in [0.15, 0.2) is 6.10 Å². The summed E-state index contributed by atoms with van der Waals surface area (Å²) in [4.78, 5) is 42.3. The van der Waals surface area contributed by atoms with Crippen LogP contribution in [0.2, 0.25) is 0 Å². The smallest absolute Gasteiger partial charge is 0.462 e. The van der Waals surface area contributed by atoms with Gasteiger partial charge < -0.3 is 19.3 Å². The van der Waals surface area contributed by atoms with E-state index in [1.54, 1.807) is 0 Å². The summed E-state index contributed by atoms with van der Waals surface area (Å²) in [5.41, 5.74) is 0. The molecule has 0 unspecified atom stereocenters. The molecule has 0 spiro atoms. The molecule has 1 atom stereocenters. The van der Waals surface area contributed by atoms with E-state index in [9.17, 15) is 14.2 Å². The summed E-state index contributed by atoms with van der Waals surface area (Å²) in [5.74, 6) is -0.884. The molecule has 0 aromatic rings. The second-order valence-electron chi connectivity index (χ2n) is 10.4. The quantitative estimate of drug-likeness (QED) is 0.0555. The maximum absolute atomic E-state index is 12.2. The number of hydrogen-bond acceptors (Lipinski definition) is 6. The molecular weight excluding hydrogens is 507 g/mol. The number of phosphoric acid groups is 1. The fourth-order valence-electron chi connectivity index (χ4n) is 4.31. The van der Waals surface area contributed by atoms with Crippen molar-refractivity contribution < 1.29 is 37.9 Å². The first-order valence-corrected chi connectivity index (χ1v) is 16.9. The summed E-state index contributed by atoms with van der Waals surface area (Å²) < 4.78 is 26.1. The fraction of sp³-hybridized carbons (Fsp3) is 0.931. The molecule has 0 aliphatic carbocycles. The average molecular weight is 565 g/mol. The van der Waals surface area contributed by atoms with Crippen LogP contribution in [-0.2, 0) is 28.2 Å². The van der Waals surface area contributed by atoms with Crippen molar-refractivity contribution in [1.29, 1.82) is 0 Å². The van der Waals surface area contributed by atoms with Crippen LogP contribution < -0.4 is 0 Å². The standard InChI is InChI=1S/C29H57O8P/c1-3-5-7-9-11-13-14-16-17-19-21-23-28(30)35-25-27(26-36-38(32,33)34)37-29(31)24-22-20-18-15-12-10-8-6-4-2/h27H,3-26H2,1-2H3,(H2,32,33,34)/t27-/m1/s1. The molecule has 0 radical (unpaired) electrons. The van der Waals surface area contributed by atoms with E-state index in [-0.39, 0.29) is 19.4 Å². The molecule has 8 nitrogen and oxygen atoms in total. The zero-order valence-electron chi connectivity index (χ0n) is 24.3. The summed E-state index contributed by atoms with van der Waals surface area (Å²) in [6.45, 7) is 3.62. The molecule has 9 heteroatoms. The highest BCUT2D eigenvalue weighted by Gasteiger charge is 2.22. The first kappa shape index (κ1) is 37.0. The van der Waals surface area contributed by atoms with Gasteiger partial charge in [-0.1, -0.05) is 129 Å². The van der Waals surface area contributed by atoms with E-state index in [2.05, 4.69) is 18.4 Å². The first-order valence-electron chi connectivity index (χ1n) is 15.3. The monoisotopic (exact) mass is 564 g/mol. The van der Waals surface area contributed by atoms with Crippen LogP contribution in [0.1, 0.15) is 155 Å². The van der Waals surface area contributed by atoms with Gasteiger partial charge in [0.25, 0.3) is 0 Å². The van der Waals surface area contributed by atoms with Crippen LogP contribution in [0.3, 0.4) is 0 Å². The second kappa shape index (κ2) is 26.3. The average Bonchev–Trinajstić information content (AvgIpc) is 2.87. The largest absolute Gasteiger partial charge is 0.469 e. The van der Waals surface area contributed by atoms with E-state index in [0.717, 1.165) is 38.5 Å². The Kier molecular flexibility index (Phi) is 25.6. The van der Waals surface area contributed by atoms with Crippen LogP contribution in [-0.4, -0.2) is 41.0 Å². The second-order valence-corrected chi connectivity index (χ2v) is 11.7. The summed E-state index contributed by atoms with van der Waals surface area (Å²) in [6, 6.07) is 0. The van der Waals surface area contributed by atoms with E-state index in [0.29, 0.717) is 6.42 Å². The number of hydrogen-bond donors (Lipinski definition) is 2. The van der Waals surface area contributed by atoms with Crippen molar-refractivity contribution in [2.45, 2.75) is 161 Å². The van der Waals surface area contributed by atoms with Crippen molar-refractivity contribution in [2.24, 2.45) is 0 Å². The Labute approximate surface area is 232 Å². The highest BCUT2D eigenvalue weighted by Crippen LogP contribution is 2.35. The van der Waals surface area contributed by atoms with E-state index >= 15 is 0 Å². The third-order valence-corrected chi connectivity index (χ3v) is 7.11. The fourth-order valence-corrected chi connectivity index (χ4v) is 4.67. The normalized spacial score (nSPS) is 12.4. The first-order chi connectivity index (χ1) is 18.3. The van der Waals surface area contributed by atoms with Crippen molar-refractivity contribution in [3.63, 3.8) is 0 Å². The summed E-state index contributed by atoms with van der Waals surface area (Å²) >= 11 is 0. The van der Waals surface area contributed by atoms with Gasteiger partial charge in [-0.15, -0.1) is 0 Å². The van der Waals surface area contributed by atoms with Gasteiger partial charge in [0, 0.05) is 12.8 Å². The Morgan fingerprint density at radius 3 is 1.34 bits per heavy atom. The van der Waals surface area contributed by atoms with Crippen LogP contribution in [0.5, 0.6) is 0 Å². The predicted molar refractivity (Wildman–Crippen MR) is 152 cm³/mol. The molecule has 0 aliphatic heterocycles. The summed E-state index contributed by atoms with van der Waals surface area (Å²) in [7, 11) is -4.73. The number of unbranched alkanes of at least 4 members (excludes halogenated alkanes) is 18. The SMILES string of the molecule is CCCCCCCCCCCCCC(=O)OC[C@H](COP(=O)(O)O)OC(=O)CCCCCCCCCCC. The lowest BCUT2D eigenvalue weighted by atomic mass is 10.1. The number of carbonyl (C=O) groups is 2. The van der Waals surface area contributed by atoms with Crippen molar-refractivity contribution in [1.82, 2.24) is 0 Å². The summed E-state index contributed by atoms with van der Waals surface area (Å²) in [6.07, 6.45) is 22.6. The molecule has 0 aliphatic rings. The van der Waals surface area contributed by atoms with Crippen molar-refractivity contribution >= 4 is 19.8 Å². The number of carbonyl (C=O) groups excluding carboxylic acids is 2. The Hall–Kier alpha value is -0.950. The lowest BCUT2D eigenvalue weighted by molar-refractivity contribution is -0.161. The number of ether oxygens (including phenoxy) is 2. The highest BCUT2D eigenvalue weighted by molar-refractivity contribution is 7.46. The molecule has 0 amide bonds. The van der Waals surface area contributed by atoms with Gasteiger partial charge in [-0.2, -0.15) is 0 Å². The number of esters is 2. The highest BCUT2D eigenvalue weighted by atomic mass is 31.2. The molecular formula is C29H57O8P. The molecule has 226 valence electrons. The Balaban J connectivity index is 4.03.